The summed E-state index contributed by atoms with van der Waals surface area (Å²) in [7, 11) is 0. The van der Waals surface area contributed by atoms with Gasteiger partial charge in [0.05, 0.1) is 0 Å². The Morgan fingerprint density at radius 2 is 1.85 bits per heavy atom. The van der Waals surface area contributed by atoms with Gasteiger partial charge in [0.1, 0.15) is 5.82 Å². The molecular formula is C15H21FN2O2. The molecule has 1 aromatic carbocycles. The van der Waals surface area contributed by atoms with E-state index in [1.54, 1.807) is 0 Å². The van der Waals surface area contributed by atoms with Gasteiger partial charge in [0, 0.05) is 31.0 Å². The normalized spacial score (nSPS) is 11.9. The third-order valence-corrected chi connectivity index (χ3v) is 2.90. The first kappa shape index (κ1) is 16.3. The Kier molecular flexibility index (Phi) is 6.87. The van der Waals surface area contributed by atoms with Crippen LogP contribution in [0, 0.1) is 5.82 Å². The Hall–Kier alpha value is -1.75. The van der Waals surface area contributed by atoms with Crippen molar-refractivity contribution < 1.29 is 14.0 Å². The molecule has 1 rings (SSSR count). The van der Waals surface area contributed by atoms with Gasteiger partial charge in [0.15, 0.2) is 5.78 Å². The number of carbonyl (C=O) groups is 2. The number of amides is 1. The lowest BCUT2D eigenvalue weighted by atomic mass is 10.1. The lowest BCUT2D eigenvalue weighted by Gasteiger charge is -2.13. The fraction of sp³-hybridized carbons (Fsp3) is 0.467. The highest BCUT2D eigenvalue weighted by Gasteiger charge is 2.10. The third kappa shape index (κ3) is 5.93. The summed E-state index contributed by atoms with van der Waals surface area (Å²) >= 11 is 0. The van der Waals surface area contributed by atoms with Crippen molar-refractivity contribution in [2.75, 3.05) is 13.1 Å². The fourth-order valence-corrected chi connectivity index (χ4v) is 1.78. The highest BCUT2D eigenvalue weighted by molar-refractivity contribution is 5.97. The van der Waals surface area contributed by atoms with E-state index in [9.17, 15) is 14.0 Å². The fourth-order valence-electron chi connectivity index (χ4n) is 1.78. The van der Waals surface area contributed by atoms with Gasteiger partial charge in [-0.15, -0.1) is 0 Å². The largest absolute Gasteiger partial charge is 0.355 e. The molecule has 0 aliphatic heterocycles. The summed E-state index contributed by atoms with van der Waals surface area (Å²) in [4.78, 5) is 23.4. The van der Waals surface area contributed by atoms with E-state index in [0.717, 1.165) is 6.54 Å². The van der Waals surface area contributed by atoms with Gasteiger partial charge in [-0.3, -0.25) is 9.59 Å². The van der Waals surface area contributed by atoms with Crippen LogP contribution >= 0.6 is 0 Å². The summed E-state index contributed by atoms with van der Waals surface area (Å²) in [5, 5.41) is 5.95. The van der Waals surface area contributed by atoms with Crippen LogP contribution in [0.25, 0.3) is 0 Å². The van der Waals surface area contributed by atoms with E-state index < -0.39 is 0 Å². The average Bonchev–Trinajstić information content (AvgIpc) is 2.43. The molecule has 2 N–H and O–H groups in total. The molecule has 0 radical (unpaired) electrons. The molecule has 4 nitrogen and oxygen atoms in total. The van der Waals surface area contributed by atoms with E-state index in [4.69, 9.17) is 0 Å². The quantitative estimate of drug-likeness (QED) is 0.715. The molecule has 5 heteroatoms. The summed E-state index contributed by atoms with van der Waals surface area (Å²) < 4.78 is 12.7. The Labute approximate surface area is 118 Å². The smallest absolute Gasteiger partial charge is 0.220 e. The first-order valence-electron chi connectivity index (χ1n) is 6.81. The first-order valence-corrected chi connectivity index (χ1v) is 6.81. The highest BCUT2D eigenvalue weighted by Crippen LogP contribution is 2.07. The van der Waals surface area contributed by atoms with Crippen molar-refractivity contribution in [3.05, 3.63) is 35.6 Å². The van der Waals surface area contributed by atoms with Crippen LogP contribution < -0.4 is 10.6 Å². The minimum Gasteiger partial charge on any atom is -0.355 e. The van der Waals surface area contributed by atoms with E-state index in [2.05, 4.69) is 10.6 Å². The van der Waals surface area contributed by atoms with Crippen LogP contribution in [-0.2, 0) is 4.79 Å². The molecule has 0 saturated carbocycles. The number of halogens is 1. The summed E-state index contributed by atoms with van der Waals surface area (Å²) in [5.74, 6) is -0.679. The Balaban J connectivity index is 2.30. The molecule has 0 aromatic heterocycles. The van der Waals surface area contributed by atoms with E-state index in [-0.39, 0.29) is 36.4 Å². The van der Waals surface area contributed by atoms with Crippen LogP contribution in [0.5, 0.6) is 0 Å². The van der Waals surface area contributed by atoms with Gasteiger partial charge in [-0.05, 0) is 37.7 Å². The number of benzene rings is 1. The lowest BCUT2D eigenvalue weighted by molar-refractivity contribution is -0.121. The molecule has 0 bridgehead atoms. The highest BCUT2D eigenvalue weighted by atomic mass is 19.1. The molecule has 0 aliphatic carbocycles. The lowest BCUT2D eigenvalue weighted by Crippen LogP contribution is -2.38. The third-order valence-electron chi connectivity index (χ3n) is 2.90. The van der Waals surface area contributed by atoms with Crippen molar-refractivity contribution in [1.82, 2.24) is 10.6 Å². The minimum atomic E-state index is -0.378. The second-order valence-electron chi connectivity index (χ2n) is 4.69. The standard InChI is InChI=1S/C15H21FN2O2/c1-3-17-11(2)10-18-15(20)9-8-14(19)12-4-6-13(16)7-5-12/h4-7,11,17H,3,8-10H2,1-2H3,(H,18,20)/t11-/m1/s1. The number of hydrogen-bond donors (Lipinski definition) is 2. The van der Waals surface area contributed by atoms with Crippen molar-refractivity contribution in [3.8, 4) is 0 Å². The van der Waals surface area contributed by atoms with Crippen LogP contribution in [-0.4, -0.2) is 30.8 Å². The number of Topliss-reactive ketones (excluding diaryl/α,β-unsaturated/α-hetero) is 1. The summed E-state index contributed by atoms with van der Waals surface area (Å²) in [6, 6.07) is 5.55. The number of hydrogen-bond acceptors (Lipinski definition) is 3. The van der Waals surface area contributed by atoms with Crippen molar-refractivity contribution in [2.45, 2.75) is 32.7 Å². The first-order chi connectivity index (χ1) is 9.52. The van der Waals surface area contributed by atoms with Gasteiger partial charge in [0.2, 0.25) is 5.91 Å². The second-order valence-corrected chi connectivity index (χ2v) is 4.69. The number of rotatable bonds is 8. The summed E-state index contributed by atoms with van der Waals surface area (Å²) in [6.45, 7) is 5.37. The van der Waals surface area contributed by atoms with Crippen molar-refractivity contribution in [1.29, 1.82) is 0 Å². The number of carbonyl (C=O) groups excluding carboxylic acids is 2. The van der Waals surface area contributed by atoms with E-state index >= 15 is 0 Å². The van der Waals surface area contributed by atoms with Crippen LogP contribution in [0.4, 0.5) is 4.39 Å². The topological polar surface area (TPSA) is 58.2 Å². The number of likely N-dealkylation sites (N-methyl/N-ethyl adjacent to an activating group) is 1. The average molecular weight is 280 g/mol. The van der Waals surface area contributed by atoms with E-state index in [1.807, 2.05) is 13.8 Å². The molecule has 110 valence electrons. The Bertz CT molecular complexity index is 446. The molecular weight excluding hydrogens is 259 g/mol. The molecule has 0 heterocycles. The van der Waals surface area contributed by atoms with Crippen LogP contribution in [0.15, 0.2) is 24.3 Å². The summed E-state index contributed by atoms with van der Waals surface area (Å²) in [5.41, 5.74) is 0.431. The zero-order valence-corrected chi connectivity index (χ0v) is 11.9. The maximum absolute atomic E-state index is 12.7. The predicted molar refractivity (Wildman–Crippen MR) is 76.1 cm³/mol. The second kappa shape index (κ2) is 8.43. The monoisotopic (exact) mass is 280 g/mol. The van der Waals surface area contributed by atoms with Crippen LogP contribution in [0.3, 0.4) is 0 Å². The molecule has 0 unspecified atom stereocenters. The van der Waals surface area contributed by atoms with E-state index in [1.165, 1.54) is 24.3 Å². The predicted octanol–water partition coefficient (Wildman–Crippen LogP) is 1.90. The van der Waals surface area contributed by atoms with Gasteiger partial charge in [-0.2, -0.15) is 0 Å². The number of nitrogens with one attached hydrogen (secondary N) is 2. The van der Waals surface area contributed by atoms with Crippen LogP contribution in [0.2, 0.25) is 0 Å². The van der Waals surface area contributed by atoms with Crippen molar-refractivity contribution >= 4 is 11.7 Å². The summed E-state index contributed by atoms with van der Waals surface area (Å²) in [6.07, 6.45) is 0.280. The van der Waals surface area contributed by atoms with Crippen molar-refractivity contribution in [2.24, 2.45) is 0 Å². The van der Waals surface area contributed by atoms with Gasteiger partial charge >= 0.3 is 0 Å². The molecule has 0 aliphatic rings. The molecule has 0 spiro atoms. The number of ketones is 1. The molecule has 20 heavy (non-hydrogen) atoms. The molecule has 1 aromatic rings. The zero-order valence-electron chi connectivity index (χ0n) is 11.9. The van der Waals surface area contributed by atoms with E-state index in [0.29, 0.717) is 12.1 Å². The van der Waals surface area contributed by atoms with Gasteiger partial charge < -0.3 is 10.6 Å². The minimum absolute atomic E-state index is 0.132. The van der Waals surface area contributed by atoms with Gasteiger partial charge in [-0.1, -0.05) is 6.92 Å². The molecule has 0 fully saturated rings. The SMILES string of the molecule is CCN[C@H](C)CNC(=O)CCC(=O)c1ccc(F)cc1. The molecule has 1 atom stereocenters. The molecule has 1 amide bonds. The maximum Gasteiger partial charge on any atom is 0.220 e. The van der Waals surface area contributed by atoms with Gasteiger partial charge in [-0.25, -0.2) is 4.39 Å². The molecule has 0 saturated heterocycles. The van der Waals surface area contributed by atoms with Crippen molar-refractivity contribution in [3.63, 3.8) is 0 Å². The van der Waals surface area contributed by atoms with Gasteiger partial charge in [0.25, 0.3) is 0 Å². The maximum atomic E-state index is 12.7. The Morgan fingerprint density at radius 1 is 1.20 bits per heavy atom. The zero-order chi connectivity index (χ0) is 15.0. The Morgan fingerprint density at radius 3 is 2.45 bits per heavy atom. The van der Waals surface area contributed by atoms with Crippen LogP contribution in [0.1, 0.15) is 37.0 Å².